The van der Waals surface area contributed by atoms with E-state index in [1.807, 2.05) is 9.80 Å². The molecular formula is C26H35N7O6. The number of piperazine rings is 1. The number of urea groups is 1. The van der Waals surface area contributed by atoms with Gasteiger partial charge in [0.1, 0.15) is 17.6 Å². The molecule has 2 saturated heterocycles. The van der Waals surface area contributed by atoms with Crippen molar-refractivity contribution in [2.75, 3.05) is 65.6 Å². The average molecular weight is 542 g/mol. The number of amides is 3. The molecule has 0 radical (unpaired) electrons. The summed E-state index contributed by atoms with van der Waals surface area (Å²) in [6, 6.07) is 4.18. The number of rotatable bonds is 6. The lowest BCUT2D eigenvalue weighted by Crippen LogP contribution is -2.56. The molecule has 1 unspecified atom stereocenters. The lowest BCUT2D eigenvalue weighted by molar-refractivity contribution is -0.136. The maximum Gasteiger partial charge on any atom is 0.330 e. The van der Waals surface area contributed by atoms with Gasteiger partial charge in [-0.15, -0.1) is 0 Å². The van der Waals surface area contributed by atoms with Crippen molar-refractivity contribution in [1.82, 2.24) is 25.0 Å². The van der Waals surface area contributed by atoms with Gasteiger partial charge in [-0.3, -0.25) is 15.1 Å². The molecule has 2 fully saturated rings. The molecule has 0 aliphatic carbocycles. The minimum Gasteiger partial charge on any atom is -0.507 e. The number of phenolic OH excluding ortho intramolecular Hbond substituents is 1. The summed E-state index contributed by atoms with van der Waals surface area (Å²) in [5.41, 5.74) is 1.71. The molecule has 39 heavy (non-hydrogen) atoms. The first-order chi connectivity index (χ1) is 18.7. The minimum atomic E-state index is -1.95. The number of hydrogen-bond acceptors (Lipinski definition) is 10. The number of hydrazone groups is 1. The molecule has 0 spiro atoms. The van der Waals surface area contributed by atoms with E-state index in [-0.39, 0.29) is 41.4 Å². The molecule has 13 heteroatoms. The highest BCUT2D eigenvalue weighted by atomic mass is 16.5. The van der Waals surface area contributed by atoms with Gasteiger partial charge >= 0.3 is 6.03 Å². The Morgan fingerprint density at radius 1 is 1.18 bits per heavy atom. The average Bonchev–Trinajstić information content (AvgIpc) is 2.94. The number of nitrogens with one attached hydrogen (secondary N) is 1. The van der Waals surface area contributed by atoms with Crippen molar-refractivity contribution in [3.63, 3.8) is 0 Å². The van der Waals surface area contributed by atoms with Gasteiger partial charge in [-0.2, -0.15) is 10.4 Å². The Hall–Kier alpha value is -3.86. The number of allylic oxidation sites excluding steroid dienone is 1. The van der Waals surface area contributed by atoms with Crippen LogP contribution in [0.4, 0.5) is 4.79 Å². The van der Waals surface area contributed by atoms with E-state index in [0.717, 1.165) is 0 Å². The molecule has 3 N–H and O–H groups in total. The summed E-state index contributed by atoms with van der Waals surface area (Å²) in [6.07, 6.45) is 1.59. The van der Waals surface area contributed by atoms with Gasteiger partial charge in [0, 0.05) is 56.7 Å². The normalized spacial score (nSPS) is 19.8. The third-order valence-electron chi connectivity index (χ3n) is 6.95. The molecule has 3 amide bonds. The number of nitriles is 1. The first-order valence-electron chi connectivity index (χ1n) is 13.0. The van der Waals surface area contributed by atoms with E-state index in [4.69, 9.17) is 9.47 Å². The molecule has 0 saturated carbocycles. The number of morpholine rings is 1. The second kappa shape index (κ2) is 11.9. The minimum absolute atomic E-state index is 0.0190. The first-order valence-corrected chi connectivity index (χ1v) is 13.0. The van der Waals surface area contributed by atoms with Crippen molar-refractivity contribution >= 4 is 17.8 Å². The molecule has 0 bridgehead atoms. The standard InChI is InChI=1S/C26H35N7O6/c1-4-39-22-14-20(26(3,37)17-27)21(34)13-19(22)24-29-28-15-18(2)33(24)25(36)32-7-5-30(6-8-32)16-23(35)31-9-11-38-12-10-31/h13-15,28,34,37H,4-12,16H2,1-3H3. The fourth-order valence-electron chi connectivity index (χ4n) is 4.70. The van der Waals surface area contributed by atoms with Crippen LogP contribution in [-0.4, -0.2) is 113 Å². The topological polar surface area (TPSA) is 154 Å². The number of hydrogen-bond donors (Lipinski definition) is 3. The summed E-state index contributed by atoms with van der Waals surface area (Å²) >= 11 is 0. The number of carbonyl (C=O) groups excluding carboxylic acids is 2. The molecule has 3 aliphatic rings. The first kappa shape index (κ1) is 28.2. The quantitative estimate of drug-likeness (QED) is 0.438. The van der Waals surface area contributed by atoms with E-state index in [9.17, 15) is 25.1 Å². The number of carbonyl (C=O) groups is 2. The molecule has 1 aromatic rings. The summed E-state index contributed by atoms with van der Waals surface area (Å²) in [4.78, 5) is 33.4. The Morgan fingerprint density at radius 2 is 1.87 bits per heavy atom. The van der Waals surface area contributed by atoms with E-state index in [0.29, 0.717) is 70.3 Å². The van der Waals surface area contributed by atoms with E-state index < -0.39 is 5.60 Å². The predicted molar refractivity (Wildman–Crippen MR) is 141 cm³/mol. The van der Waals surface area contributed by atoms with E-state index >= 15 is 0 Å². The fraction of sp³-hybridized carbons (Fsp3) is 0.538. The van der Waals surface area contributed by atoms with Crippen LogP contribution >= 0.6 is 0 Å². The smallest absolute Gasteiger partial charge is 0.330 e. The van der Waals surface area contributed by atoms with Gasteiger partial charge in [0.25, 0.3) is 0 Å². The van der Waals surface area contributed by atoms with Crippen LogP contribution < -0.4 is 10.2 Å². The van der Waals surface area contributed by atoms with Gasteiger partial charge in [0.2, 0.25) is 5.91 Å². The van der Waals surface area contributed by atoms with Crippen molar-refractivity contribution in [2.45, 2.75) is 26.4 Å². The Balaban J connectivity index is 1.51. The molecule has 210 valence electrons. The largest absolute Gasteiger partial charge is 0.507 e. The maximum absolute atomic E-state index is 13.8. The van der Waals surface area contributed by atoms with Crippen LogP contribution in [-0.2, 0) is 15.1 Å². The zero-order chi connectivity index (χ0) is 28.2. The summed E-state index contributed by atoms with van der Waals surface area (Å²) in [7, 11) is 0. The molecule has 1 aromatic carbocycles. The Morgan fingerprint density at radius 3 is 2.51 bits per heavy atom. The molecule has 13 nitrogen and oxygen atoms in total. The summed E-state index contributed by atoms with van der Waals surface area (Å²) in [5, 5.41) is 34.8. The maximum atomic E-state index is 13.8. The van der Waals surface area contributed by atoms with Crippen molar-refractivity contribution in [2.24, 2.45) is 5.10 Å². The summed E-state index contributed by atoms with van der Waals surface area (Å²) in [5.74, 6) is 0.184. The number of amidine groups is 1. The number of phenols is 1. The summed E-state index contributed by atoms with van der Waals surface area (Å²) < 4.78 is 11.1. The predicted octanol–water partition coefficient (Wildman–Crippen LogP) is 0.546. The second-order valence-electron chi connectivity index (χ2n) is 9.71. The van der Waals surface area contributed by atoms with E-state index in [1.54, 1.807) is 31.0 Å². The number of ether oxygens (including phenoxy) is 2. The van der Waals surface area contributed by atoms with Crippen LogP contribution in [0.25, 0.3) is 0 Å². The van der Waals surface area contributed by atoms with Gasteiger partial charge in [0.05, 0.1) is 31.9 Å². The Labute approximate surface area is 227 Å². The van der Waals surface area contributed by atoms with Crippen LogP contribution in [0.3, 0.4) is 0 Å². The lowest BCUT2D eigenvalue weighted by atomic mass is 9.94. The van der Waals surface area contributed by atoms with Crippen molar-refractivity contribution in [3.05, 3.63) is 35.2 Å². The van der Waals surface area contributed by atoms with Crippen LogP contribution in [0.1, 0.15) is 31.9 Å². The number of aliphatic hydroxyl groups is 1. The Bertz CT molecular complexity index is 1190. The van der Waals surface area contributed by atoms with E-state index in [1.165, 1.54) is 24.0 Å². The van der Waals surface area contributed by atoms with Gasteiger partial charge in [0.15, 0.2) is 11.4 Å². The highest BCUT2D eigenvalue weighted by molar-refractivity contribution is 6.11. The van der Waals surface area contributed by atoms with Crippen LogP contribution in [0.2, 0.25) is 0 Å². The molecule has 1 atom stereocenters. The number of aromatic hydroxyl groups is 1. The monoisotopic (exact) mass is 541 g/mol. The molecule has 3 heterocycles. The highest BCUT2D eigenvalue weighted by Crippen LogP contribution is 2.36. The third kappa shape index (κ3) is 6.08. The Kier molecular flexibility index (Phi) is 8.59. The van der Waals surface area contributed by atoms with Crippen LogP contribution in [0.5, 0.6) is 11.5 Å². The lowest BCUT2D eigenvalue weighted by Gasteiger charge is -2.39. The molecular weight excluding hydrogens is 506 g/mol. The van der Waals surface area contributed by atoms with Crippen molar-refractivity contribution in [1.29, 1.82) is 5.26 Å². The van der Waals surface area contributed by atoms with Crippen molar-refractivity contribution < 1.29 is 29.3 Å². The zero-order valence-electron chi connectivity index (χ0n) is 22.5. The van der Waals surface area contributed by atoms with Gasteiger partial charge in [-0.25, -0.2) is 9.69 Å². The van der Waals surface area contributed by atoms with Gasteiger partial charge in [-0.1, -0.05) is 0 Å². The SMILES string of the molecule is CCOc1cc(C(C)(O)C#N)c(O)cc1C1=NNC=C(C)N1C(=O)N1CCN(CC(=O)N2CCOCC2)CC1. The van der Waals surface area contributed by atoms with Gasteiger partial charge in [-0.05, 0) is 32.9 Å². The molecule has 4 rings (SSSR count). The van der Waals surface area contributed by atoms with Crippen LogP contribution in [0, 0.1) is 11.3 Å². The van der Waals surface area contributed by atoms with Gasteiger partial charge < -0.3 is 29.5 Å². The second-order valence-corrected chi connectivity index (χ2v) is 9.71. The van der Waals surface area contributed by atoms with E-state index in [2.05, 4.69) is 10.5 Å². The van der Waals surface area contributed by atoms with Crippen LogP contribution in [0.15, 0.2) is 29.1 Å². The third-order valence-corrected chi connectivity index (χ3v) is 6.95. The fourth-order valence-corrected chi connectivity index (χ4v) is 4.70. The zero-order valence-corrected chi connectivity index (χ0v) is 22.5. The van der Waals surface area contributed by atoms with Crippen molar-refractivity contribution in [3.8, 4) is 17.6 Å². The molecule has 0 aromatic heterocycles. The summed E-state index contributed by atoms with van der Waals surface area (Å²) in [6.45, 7) is 9.62. The molecule has 3 aliphatic heterocycles. The highest BCUT2D eigenvalue weighted by Gasteiger charge is 2.35. The number of benzene rings is 1. The number of nitrogens with zero attached hydrogens (tertiary/aromatic N) is 6.